The summed E-state index contributed by atoms with van der Waals surface area (Å²) < 4.78 is 4.72. The minimum absolute atomic E-state index is 0.237. The fourth-order valence-electron chi connectivity index (χ4n) is 1.74. The molecule has 0 radical (unpaired) electrons. The molecule has 5 nitrogen and oxygen atoms in total. The van der Waals surface area contributed by atoms with Gasteiger partial charge in [0, 0.05) is 11.8 Å². The molecule has 2 aromatic rings. The number of hydrogen-bond donors (Lipinski definition) is 1. The lowest BCUT2D eigenvalue weighted by Gasteiger charge is -2.08. The number of nitriles is 1. The first-order chi connectivity index (χ1) is 9.15. The largest absolute Gasteiger partial charge is 0.465 e. The minimum Gasteiger partial charge on any atom is -0.465 e. The Balaban J connectivity index is 2.61. The van der Waals surface area contributed by atoms with Crippen LogP contribution in [-0.2, 0) is 4.74 Å². The molecule has 5 heteroatoms. The third-order valence-electron chi connectivity index (χ3n) is 2.63. The maximum absolute atomic E-state index is 11.7. The van der Waals surface area contributed by atoms with Crippen LogP contribution in [0.5, 0.6) is 0 Å². The number of benzene rings is 1. The van der Waals surface area contributed by atoms with Gasteiger partial charge in [0.2, 0.25) is 0 Å². The number of esters is 1. The van der Waals surface area contributed by atoms with Gasteiger partial charge < -0.3 is 10.5 Å². The number of rotatable bonds is 2. The number of aromatic nitrogens is 1. The Labute approximate surface area is 110 Å². The van der Waals surface area contributed by atoms with Gasteiger partial charge in [-0.15, -0.1) is 0 Å². The van der Waals surface area contributed by atoms with E-state index in [1.807, 2.05) is 6.07 Å². The number of hydrogen-bond acceptors (Lipinski definition) is 5. The fraction of sp³-hybridized carbons (Fsp3) is 0.0714. The molecule has 0 saturated carbocycles. The molecule has 1 heterocycles. The van der Waals surface area contributed by atoms with Crippen LogP contribution in [0.4, 0.5) is 5.82 Å². The Morgan fingerprint density at radius 2 is 2.21 bits per heavy atom. The zero-order valence-corrected chi connectivity index (χ0v) is 10.3. The molecule has 0 saturated heterocycles. The quantitative estimate of drug-likeness (QED) is 0.826. The van der Waals surface area contributed by atoms with E-state index in [0.717, 1.165) is 0 Å². The van der Waals surface area contributed by atoms with Crippen molar-refractivity contribution >= 4 is 11.8 Å². The van der Waals surface area contributed by atoms with Gasteiger partial charge >= 0.3 is 5.97 Å². The molecule has 0 aliphatic rings. The van der Waals surface area contributed by atoms with Crippen molar-refractivity contribution in [3.05, 3.63) is 47.7 Å². The zero-order valence-electron chi connectivity index (χ0n) is 10.3. The molecule has 0 spiro atoms. The summed E-state index contributed by atoms with van der Waals surface area (Å²) in [6.07, 6.45) is 1.50. The molecular formula is C14H11N3O2. The summed E-state index contributed by atoms with van der Waals surface area (Å²) in [5.41, 5.74) is 7.71. The smallest absolute Gasteiger partial charge is 0.338 e. The molecule has 0 atom stereocenters. The van der Waals surface area contributed by atoms with E-state index in [2.05, 4.69) is 4.98 Å². The van der Waals surface area contributed by atoms with Gasteiger partial charge in [0.15, 0.2) is 0 Å². The number of nitrogen functional groups attached to an aromatic ring is 1. The van der Waals surface area contributed by atoms with Crippen LogP contribution in [0.2, 0.25) is 0 Å². The maximum Gasteiger partial charge on any atom is 0.338 e. The lowest BCUT2D eigenvalue weighted by Crippen LogP contribution is -2.06. The van der Waals surface area contributed by atoms with E-state index in [4.69, 9.17) is 15.7 Å². The van der Waals surface area contributed by atoms with E-state index in [-0.39, 0.29) is 5.82 Å². The molecule has 2 N–H and O–H groups in total. The van der Waals surface area contributed by atoms with Gasteiger partial charge in [0.1, 0.15) is 5.82 Å². The Morgan fingerprint density at radius 1 is 1.42 bits per heavy atom. The average Bonchev–Trinajstić information content (AvgIpc) is 2.46. The van der Waals surface area contributed by atoms with Crippen LogP contribution in [0, 0.1) is 11.3 Å². The van der Waals surface area contributed by atoms with Crippen molar-refractivity contribution in [2.45, 2.75) is 0 Å². The highest BCUT2D eigenvalue weighted by Gasteiger charge is 2.14. The molecule has 0 amide bonds. The van der Waals surface area contributed by atoms with Crippen LogP contribution < -0.4 is 5.73 Å². The van der Waals surface area contributed by atoms with Crippen molar-refractivity contribution in [1.82, 2.24) is 4.98 Å². The molecule has 1 aromatic carbocycles. The van der Waals surface area contributed by atoms with Gasteiger partial charge in [0.05, 0.1) is 24.3 Å². The first-order valence-corrected chi connectivity index (χ1v) is 5.50. The maximum atomic E-state index is 11.7. The highest BCUT2D eigenvalue weighted by molar-refractivity contribution is 5.97. The van der Waals surface area contributed by atoms with Gasteiger partial charge in [-0.2, -0.15) is 5.26 Å². The van der Waals surface area contributed by atoms with Crippen LogP contribution in [0.3, 0.4) is 0 Å². The molecule has 1 aromatic heterocycles. The first kappa shape index (κ1) is 12.6. The fourth-order valence-corrected chi connectivity index (χ4v) is 1.74. The molecule has 94 valence electrons. The summed E-state index contributed by atoms with van der Waals surface area (Å²) in [4.78, 5) is 15.7. The van der Waals surface area contributed by atoms with Crippen molar-refractivity contribution in [1.29, 1.82) is 5.26 Å². The lowest BCUT2D eigenvalue weighted by atomic mass is 10.0. The van der Waals surface area contributed by atoms with Crippen LogP contribution >= 0.6 is 0 Å². The number of pyridine rings is 1. The second-order valence-electron chi connectivity index (χ2n) is 3.84. The van der Waals surface area contributed by atoms with Crippen molar-refractivity contribution in [3.63, 3.8) is 0 Å². The third-order valence-corrected chi connectivity index (χ3v) is 2.63. The topological polar surface area (TPSA) is 89.0 Å². The van der Waals surface area contributed by atoms with Gasteiger partial charge in [0.25, 0.3) is 0 Å². The van der Waals surface area contributed by atoms with E-state index in [9.17, 15) is 4.79 Å². The van der Waals surface area contributed by atoms with Gasteiger partial charge in [-0.05, 0) is 23.8 Å². The Morgan fingerprint density at radius 3 is 2.89 bits per heavy atom. The summed E-state index contributed by atoms with van der Waals surface area (Å²) in [7, 11) is 1.30. The van der Waals surface area contributed by atoms with Crippen molar-refractivity contribution in [2.75, 3.05) is 12.8 Å². The molecule has 0 aliphatic heterocycles. The zero-order chi connectivity index (χ0) is 13.8. The predicted octanol–water partition coefficient (Wildman–Crippen LogP) is 1.99. The van der Waals surface area contributed by atoms with Crippen molar-refractivity contribution < 1.29 is 9.53 Å². The monoisotopic (exact) mass is 253 g/mol. The van der Waals surface area contributed by atoms with Gasteiger partial charge in [-0.25, -0.2) is 9.78 Å². The van der Waals surface area contributed by atoms with E-state index in [1.165, 1.54) is 19.4 Å². The Bertz CT molecular complexity index is 675. The summed E-state index contributed by atoms with van der Waals surface area (Å²) in [5, 5.41) is 8.90. The van der Waals surface area contributed by atoms with Gasteiger partial charge in [-0.3, -0.25) is 0 Å². The third kappa shape index (κ3) is 2.53. The second kappa shape index (κ2) is 5.19. The molecule has 0 aliphatic carbocycles. The summed E-state index contributed by atoms with van der Waals surface area (Å²) >= 11 is 0. The first-order valence-electron chi connectivity index (χ1n) is 5.50. The molecule has 2 rings (SSSR count). The van der Waals surface area contributed by atoms with Crippen molar-refractivity contribution in [3.8, 4) is 17.2 Å². The standard InChI is InChI=1S/C14H11N3O2/c1-19-14(18)11-6-13(16)17-8-12(11)10-4-2-3-9(5-10)7-15/h2-6,8H,1H3,(H2,16,17). The number of nitrogens with two attached hydrogens (primary N) is 1. The predicted molar refractivity (Wildman–Crippen MR) is 70.1 cm³/mol. The summed E-state index contributed by atoms with van der Waals surface area (Å²) in [6, 6.07) is 10.4. The molecule has 0 bridgehead atoms. The number of carbonyl (C=O) groups excluding carboxylic acids is 1. The van der Waals surface area contributed by atoms with E-state index in [0.29, 0.717) is 22.3 Å². The van der Waals surface area contributed by atoms with Crippen LogP contribution in [0.1, 0.15) is 15.9 Å². The highest BCUT2D eigenvalue weighted by Crippen LogP contribution is 2.25. The molecule has 19 heavy (non-hydrogen) atoms. The number of anilines is 1. The normalized spacial score (nSPS) is 9.68. The highest BCUT2D eigenvalue weighted by atomic mass is 16.5. The van der Waals surface area contributed by atoms with Crippen LogP contribution in [0.15, 0.2) is 36.5 Å². The summed E-state index contributed by atoms with van der Waals surface area (Å²) in [6.45, 7) is 0. The number of methoxy groups -OCH3 is 1. The van der Waals surface area contributed by atoms with Crippen molar-refractivity contribution in [2.24, 2.45) is 0 Å². The molecular weight excluding hydrogens is 242 g/mol. The van der Waals surface area contributed by atoms with E-state index >= 15 is 0 Å². The second-order valence-corrected chi connectivity index (χ2v) is 3.84. The number of nitrogens with zero attached hydrogens (tertiary/aromatic N) is 2. The lowest BCUT2D eigenvalue weighted by molar-refractivity contribution is 0.0601. The van der Waals surface area contributed by atoms with Crippen LogP contribution in [0.25, 0.3) is 11.1 Å². The van der Waals surface area contributed by atoms with Gasteiger partial charge in [-0.1, -0.05) is 12.1 Å². The number of carbonyl (C=O) groups is 1. The molecule has 0 unspecified atom stereocenters. The SMILES string of the molecule is COC(=O)c1cc(N)ncc1-c1cccc(C#N)c1. The van der Waals surface area contributed by atoms with E-state index < -0.39 is 5.97 Å². The Kier molecular flexibility index (Phi) is 3.44. The minimum atomic E-state index is -0.494. The molecule has 0 fully saturated rings. The van der Waals surface area contributed by atoms with Crippen LogP contribution in [-0.4, -0.2) is 18.1 Å². The average molecular weight is 253 g/mol. The van der Waals surface area contributed by atoms with E-state index in [1.54, 1.807) is 24.3 Å². The summed E-state index contributed by atoms with van der Waals surface area (Å²) in [5.74, 6) is -0.257. The number of ether oxygens (including phenoxy) is 1. The Hall–Kier alpha value is -2.87.